The van der Waals surface area contributed by atoms with Gasteiger partial charge in [-0.15, -0.1) is 0 Å². The Kier molecular flexibility index (Phi) is 5.12. The van der Waals surface area contributed by atoms with Gasteiger partial charge in [0.1, 0.15) is 24.2 Å². The van der Waals surface area contributed by atoms with Crippen LogP contribution in [0.5, 0.6) is 5.75 Å². The third kappa shape index (κ3) is 3.62. The minimum atomic E-state index is -1.38. The van der Waals surface area contributed by atoms with E-state index in [-0.39, 0.29) is 0 Å². The van der Waals surface area contributed by atoms with Crippen LogP contribution >= 0.6 is 0 Å². The van der Waals surface area contributed by atoms with E-state index in [2.05, 4.69) is 0 Å². The van der Waals surface area contributed by atoms with Crippen molar-refractivity contribution in [1.29, 1.82) is 0 Å². The zero-order valence-corrected chi connectivity index (χ0v) is 12.2. The van der Waals surface area contributed by atoms with E-state index >= 15 is 0 Å². The molecule has 0 radical (unpaired) electrons. The number of aliphatic hydroxyl groups excluding tert-OH is 2. The number of carbonyl (C=O) groups is 2. The van der Waals surface area contributed by atoms with Crippen LogP contribution in [0.25, 0.3) is 0 Å². The largest absolute Gasteiger partial charge is 0.462 e. The lowest BCUT2D eigenvalue weighted by atomic mass is 9.99. The predicted molar refractivity (Wildman–Crippen MR) is 74.4 cm³/mol. The molecule has 5 atom stereocenters. The molecule has 1 heterocycles. The molecule has 1 fully saturated rings. The van der Waals surface area contributed by atoms with Crippen LogP contribution in [-0.2, 0) is 14.3 Å². The first kappa shape index (κ1) is 16.4. The van der Waals surface area contributed by atoms with E-state index in [1.54, 1.807) is 31.2 Å². The van der Waals surface area contributed by atoms with E-state index in [1.165, 1.54) is 6.92 Å². The number of rotatable bonds is 4. The number of ether oxygens (including phenoxy) is 3. The van der Waals surface area contributed by atoms with Gasteiger partial charge in [0.25, 0.3) is 0 Å². The third-order valence-corrected chi connectivity index (χ3v) is 3.35. The van der Waals surface area contributed by atoms with Crippen molar-refractivity contribution in [2.45, 2.75) is 44.6 Å². The summed E-state index contributed by atoms with van der Waals surface area (Å²) in [7, 11) is 0. The number of aldehydes is 1. The van der Waals surface area contributed by atoms with Gasteiger partial charge in [-0.25, -0.2) is 0 Å². The van der Waals surface area contributed by atoms with Gasteiger partial charge in [-0.2, -0.15) is 0 Å². The maximum absolute atomic E-state index is 11.0. The first-order valence-electron chi connectivity index (χ1n) is 6.83. The van der Waals surface area contributed by atoms with E-state index in [1.807, 2.05) is 0 Å². The summed E-state index contributed by atoms with van der Waals surface area (Å²) >= 11 is 0. The maximum atomic E-state index is 11.0. The molecule has 1 aromatic carbocycles. The van der Waals surface area contributed by atoms with Crippen molar-refractivity contribution in [2.24, 2.45) is 0 Å². The second kappa shape index (κ2) is 6.87. The molecule has 1 aliphatic rings. The topological polar surface area (TPSA) is 102 Å². The van der Waals surface area contributed by atoms with Crippen LogP contribution in [0.4, 0.5) is 0 Å². The number of esters is 1. The Labute approximate surface area is 127 Å². The average Bonchev–Trinajstić information content (AvgIpc) is 2.49. The van der Waals surface area contributed by atoms with Gasteiger partial charge >= 0.3 is 5.97 Å². The summed E-state index contributed by atoms with van der Waals surface area (Å²) in [4.78, 5) is 21.6. The molecule has 120 valence electrons. The highest BCUT2D eigenvalue weighted by Gasteiger charge is 2.45. The quantitative estimate of drug-likeness (QED) is 0.608. The van der Waals surface area contributed by atoms with Crippen molar-refractivity contribution in [1.82, 2.24) is 0 Å². The number of aliphatic hydroxyl groups is 2. The van der Waals surface area contributed by atoms with Gasteiger partial charge < -0.3 is 24.4 Å². The van der Waals surface area contributed by atoms with Gasteiger partial charge in [-0.3, -0.25) is 9.59 Å². The van der Waals surface area contributed by atoms with Gasteiger partial charge in [-0.1, -0.05) is 0 Å². The van der Waals surface area contributed by atoms with E-state index < -0.39 is 36.7 Å². The lowest BCUT2D eigenvalue weighted by Crippen LogP contribution is -2.59. The first-order valence-corrected chi connectivity index (χ1v) is 6.83. The van der Waals surface area contributed by atoms with Crippen molar-refractivity contribution in [3.05, 3.63) is 29.8 Å². The standard InChI is InChI=1S/C15H18O7/c1-8-14(21-9(2)17)12(18)13(19)15(20-8)22-11-5-3-10(7-16)4-6-11/h3-8,12-15,18-19H,1-2H3. The normalized spacial score (nSPS) is 31.4. The highest BCUT2D eigenvalue weighted by Crippen LogP contribution is 2.26. The van der Waals surface area contributed by atoms with E-state index in [9.17, 15) is 19.8 Å². The lowest BCUT2D eigenvalue weighted by molar-refractivity contribution is -0.272. The van der Waals surface area contributed by atoms with Crippen LogP contribution in [0.15, 0.2) is 24.3 Å². The van der Waals surface area contributed by atoms with E-state index in [0.717, 1.165) is 0 Å². The summed E-state index contributed by atoms with van der Waals surface area (Å²) in [5.41, 5.74) is 0.487. The van der Waals surface area contributed by atoms with Crippen molar-refractivity contribution in [3.63, 3.8) is 0 Å². The molecule has 2 N–H and O–H groups in total. The van der Waals surface area contributed by atoms with Gasteiger partial charge in [0.05, 0.1) is 6.10 Å². The highest BCUT2D eigenvalue weighted by molar-refractivity contribution is 5.74. The van der Waals surface area contributed by atoms with E-state index in [0.29, 0.717) is 17.6 Å². The molecule has 0 spiro atoms. The number of hydrogen-bond acceptors (Lipinski definition) is 7. The molecule has 1 aliphatic heterocycles. The Morgan fingerprint density at radius 2 is 1.86 bits per heavy atom. The Balaban J connectivity index is 2.06. The second-order valence-corrected chi connectivity index (χ2v) is 5.07. The summed E-state index contributed by atoms with van der Waals surface area (Å²) in [6.07, 6.45) is -4.74. The molecule has 1 aromatic rings. The average molecular weight is 310 g/mol. The molecule has 5 unspecified atom stereocenters. The van der Waals surface area contributed by atoms with Crippen LogP contribution in [0.2, 0.25) is 0 Å². The van der Waals surface area contributed by atoms with Gasteiger partial charge in [-0.05, 0) is 31.2 Å². The molecule has 1 saturated heterocycles. The highest BCUT2D eigenvalue weighted by atomic mass is 16.7. The first-order chi connectivity index (χ1) is 10.4. The third-order valence-electron chi connectivity index (χ3n) is 3.35. The number of carbonyl (C=O) groups excluding carboxylic acids is 2. The van der Waals surface area contributed by atoms with Crippen molar-refractivity contribution >= 4 is 12.3 Å². The fourth-order valence-corrected chi connectivity index (χ4v) is 2.22. The van der Waals surface area contributed by atoms with Crippen molar-refractivity contribution in [3.8, 4) is 5.75 Å². The smallest absolute Gasteiger partial charge is 0.303 e. The monoisotopic (exact) mass is 310 g/mol. The molecule has 0 aliphatic carbocycles. The summed E-state index contributed by atoms with van der Waals surface area (Å²) in [6, 6.07) is 6.21. The molecule has 0 saturated carbocycles. The van der Waals surface area contributed by atoms with Crippen LogP contribution in [0, 0.1) is 0 Å². The molecule has 0 amide bonds. The molecule has 22 heavy (non-hydrogen) atoms. The lowest BCUT2D eigenvalue weighted by Gasteiger charge is -2.40. The second-order valence-electron chi connectivity index (χ2n) is 5.07. The van der Waals surface area contributed by atoms with Gasteiger partial charge in [0.15, 0.2) is 6.10 Å². The van der Waals surface area contributed by atoms with Crippen LogP contribution < -0.4 is 4.74 Å². The van der Waals surface area contributed by atoms with Crippen molar-refractivity contribution in [2.75, 3.05) is 0 Å². The Hall–Kier alpha value is -1.96. The minimum Gasteiger partial charge on any atom is -0.462 e. The van der Waals surface area contributed by atoms with E-state index in [4.69, 9.17) is 14.2 Å². The van der Waals surface area contributed by atoms with Crippen LogP contribution in [0.1, 0.15) is 24.2 Å². The molecule has 2 rings (SSSR count). The molecular formula is C15H18O7. The van der Waals surface area contributed by atoms with Gasteiger partial charge in [0, 0.05) is 12.5 Å². The van der Waals surface area contributed by atoms with Crippen molar-refractivity contribution < 1.29 is 34.0 Å². The Bertz CT molecular complexity index is 527. The molecule has 7 nitrogen and oxygen atoms in total. The summed E-state index contributed by atoms with van der Waals surface area (Å²) in [5, 5.41) is 20.1. The number of hydrogen-bond donors (Lipinski definition) is 2. The zero-order chi connectivity index (χ0) is 16.3. The Morgan fingerprint density at radius 3 is 2.41 bits per heavy atom. The SMILES string of the molecule is CC(=O)OC1C(C)OC(Oc2ccc(C=O)cc2)C(O)C1O. The van der Waals surface area contributed by atoms with Crippen LogP contribution in [-0.4, -0.2) is 53.2 Å². The fraction of sp³-hybridized carbons (Fsp3) is 0.467. The van der Waals surface area contributed by atoms with Gasteiger partial charge in [0.2, 0.25) is 6.29 Å². The molecule has 0 bridgehead atoms. The molecule has 7 heteroatoms. The van der Waals surface area contributed by atoms with Crippen LogP contribution in [0.3, 0.4) is 0 Å². The number of benzene rings is 1. The summed E-state index contributed by atoms with van der Waals surface area (Å²) < 4.78 is 15.9. The molecule has 0 aromatic heterocycles. The fourth-order valence-electron chi connectivity index (χ4n) is 2.22. The summed E-state index contributed by atoms with van der Waals surface area (Å²) in [5.74, 6) is -0.199. The molecular weight excluding hydrogens is 292 g/mol. The minimum absolute atomic E-state index is 0.375. The Morgan fingerprint density at radius 1 is 1.23 bits per heavy atom. The zero-order valence-electron chi connectivity index (χ0n) is 12.2. The predicted octanol–water partition coefficient (Wildman–Crippen LogP) is 0.276. The summed E-state index contributed by atoms with van der Waals surface area (Å²) in [6.45, 7) is 2.82. The maximum Gasteiger partial charge on any atom is 0.303 e.